The van der Waals surface area contributed by atoms with Crippen molar-refractivity contribution in [2.24, 2.45) is 0 Å². The number of nitrogens with zero attached hydrogens (tertiary/aromatic N) is 1. The van der Waals surface area contributed by atoms with Crippen LogP contribution in [0.2, 0.25) is 5.15 Å². The van der Waals surface area contributed by atoms with E-state index in [-0.39, 0.29) is 6.10 Å². The second-order valence-corrected chi connectivity index (χ2v) is 3.74. The van der Waals surface area contributed by atoms with Gasteiger partial charge in [0.05, 0.1) is 12.8 Å². The van der Waals surface area contributed by atoms with Crippen molar-refractivity contribution in [1.29, 1.82) is 0 Å². The van der Waals surface area contributed by atoms with Gasteiger partial charge in [-0.05, 0) is 24.5 Å². The van der Waals surface area contributed by atoms with Gasteiger partial charge >= 0.3 is 0 Å². The molecule has 0 aliphatic carbocycles. The predicted molar refractivity (Wildman–Crippen MR) is 53.9 cm³/mol. The van der Waals surface area contributed by atoms with Crippen molar-refractivity contribution in [3.63, 3.8) is 0 Å². The van der Waals surface area contributed by atoms with Crippen LogP contribution >= 0.6 is 11.6 Å². The molecule has 1 aliphatic rings. The fraction of sp³-hybridized carbons (Fsp3) is 0.500. The summed E-state index contributed by atoms with van der Waals surface area (Å²) in [6, 6.07) is 1.86. The molecule has 4 heteroatoms. The highest BCUT2D eigenvalue weighted by molar-refractivity contribution is 6.29. The third-order valence-corrected chi connectivity index (χ3v) is 2.50. The van der Waals surface area contributed by atoms with Crippen molar-refractivity contribution in [3.8, 4) is 5.75 Å². The largest absolute Gasteiger partial charge is 0.486 e. The molecule has 1 aliphatic heterocycles. The minimum Gasteiger partial charge on any atom is -0.486 e. The van der Waals surface area contributed by atoms with Crippen LogP contribution in [-0.4, -0.2) is 24.8 Å². The van der Waals surface area contributed by atoms with Gasteiger partial charge in [0.1, 0.15) is 17.0 Å². The van der Waals surface area contributed by atoms with Crippen LogP contribution in [0.1, 0.15) is 12.0 Å². The van der Waals surface area contributed by atoms with Crippen LogP contribution in [0.15, 0.2) is 12.3 Å². The lowest BCUT2D eigenvalue weighted by Crippen LogP contribution is -2.27. The Morgan fingerprint density at radius 2 is 2.57 bits per heavy atom. The lowest BCUT2D eigenvalue weighted by molar-refractivity contribution is 0.0674. The molecule has 1 atom stereocenters. The van der Waals surface area contributed by atoms with Gasteiger partial charge in [-0.15, -0.1) is 0 Å². The second kappa shape index (κ2) is 4.15. The number of rotatable bonds is 2. The van der Waals surface area contributed by atoms with E-state index in [1.54, 1.807) is 13.3 Å². The maximum absolute atomic E-state index is 5.78. The predicted octanol–water partition coefficient (Wildman–Crippen LogP) is 2.08. The van der Waals surface area contributed by atoms with Crippen molar-refractivity contribution >= 4 is 11.6 Å². The third kappa shape index (κ3) is 1.99. The first-order valence-corrected chi connectivity index (χ1v) is 4.97. The molecule has 2 rings (SSSR count). The van der Waals surface area contributed by atoms with Gasteiger partial charge in [0.2, 0.25) is 0 Å². The molecular weight excluding hydrogens is 202 g/mol. The zero-order valence-corrected chi connectivity index (χ0v) is 8.75. The first kappa shape index (κ1) is 9.74. The number of pyridine rings is 1. The van der Waals surface area contributed by atoms with Crippen molar-refractivity contribution in [2.45, 2.75) is 18.9 Å². The van der Waals surface area contributed by atoms with E-state index in [1.165, 1.54) is 0 Å². The zero-order chi connectivity index (χ0) is 9.97. The van der Waals surface area contributed by atoms with E-state index in [1.807, 2.05) is 6.07 Å². The average molecular weight is 214 g/mol. The van der Waals surface area contributed by atoms with E-state index in [4.69, 9.17) is 21.1 Å². The number of fused-ring (bicyclic) bond motifs is 1. The van der Waals surface area contributed by atoms with Crippen LogP contribution in [-0.2, 0) is 11.2 Å². The van der Waals surface area contributed by atoms with E-state index in [2.05, 4.69) is 4.98 Å². The van der Waals surface area contributed by atoms with Crippen LogP contribution < -0.4 is 4.74 Å². The van der Waals surface area contributed by atoms with Crippen LogP contribution in [0.25, 0.3) is 0 Å². The maximum Gasteiger partial charge on any atom is 0.141 e. The highest BCUT2D eigenvalue weighted by Gasteiger charge is 2.19. The Morgan fingerprint density at radius 1 is 1.71 bits per heavy atom. The van der Waals surface area contributed by atoms with Gasteiger partial charge in [-0.1, -0.05) is 11.6 Å². The number of aromatic nitrogens is 1. The molecule has 0 aromatic carbocycles. The third-order valence-electron chi connectivity index (χ3n) is 2.30. The van der Waals surface area contributed by atoms with Gasteiger partial charge in [-0.3, -0.25) is 0 Å². The quantitative estimate of drug-likeness (QED) is 0.705. The number of ether oxygens (including phenoxy) is 2. The van der Waals surface area contributed by atoms with E-state index in [9.17, 15) is 0 Å². The van der Waals surface area contributed by atoms with Gasteiger partial charge in [0.25, 0.3) is 0 Å². The van der Waals surface area contributed by atoms with Crippen molar-refractivity contribution in [2.75, 3.05) is 13.7 Å². The molecule has 1 aromatic rings. The molecule has 3 nitrogen and oxygen atoms in total. The number of methoxy groups -OCH3 is 1. The van der Waals surface area contributed by atoms with E-state index in [0.717, 1.165) is 24.2 Å². The Kier molecular flexibility index (Phi) is 2.89. The Hall–Kier alpha value is -0.800. The Morgan fingerprint density at radius 3 is 3.36 bits per heavy atom. The summed E-state index contributed by atoms with van der Waals surface area (Å²) in [4.78, 5) is 3.99. The fourth-order valence-electron chi connectivity index (χ4n) is 1.62. The molecule has 0 N–H and O–H groups in total. The minimum atomic E-state index is 0.149. The van der Waals surface area contributed by atoms with Crippen molar-refractivity contribution < 1.29 is 9.47 Å². The molecule has 0 saturated carbocycles. The Balaban J connectivity index is 2.15. The molecule has 1 unspecified atom stereocenters. The first-order chi connectivity index (χ1) is 6.79. The van der Waals surface area contributed by atoms with Crippen molar-refractivity contribution in [3.05, 3.63) is 23.0 Å². The monoisotopic (exact) mass is 213 g/mol. The van der Waals surface area contributed by atoms with Gasteiger partial charge < -0.3 is 9.47 Å². The lowest BCUT2D eigenvalue weighted by atomic mass is 10.0. The second-order valence-electron chi connectivity index (χ2n) is 3.35. The Bertz CT molecular complexity index is 330. The number of hydrogen-bond donors (Lipinski definition) is 0. The van der Waals surface area contributed by atoms with Gasteiger partial charge in [-0.2, -0.15) is 0 Å². The van der Waals surface area contributed by atoms with Crippen LogP contribution in [0.4, 0.5) is 0 Å². The van der Waals surface area contributed by atoms with Crippen LogP contribution in [0, 0.1) is 0 Å². The van der Waals surface area contributed by atoms with E-state index < -0.39 is 0 Å². The van der Waals surface area contributed by atoms with Gasteiger partial charge in [0.15, 0.2) is 0 Å². The van der Waals surface area contributed by atoms with E-state index >= 15 is 0 Å². The molecule has 0 radical (unpaired) electrons. The van der Waals surface area contributed by atoms with Gasteiger partial charge in [0, 0.05) is 7.11 Å². The summed E-state index contributed by atoms with van der Waals surface area (Å²) in [7, 11) is 1.68. The number of hydrogen-bond acceptors (Lipinski definition) is 3. The molecule has 0 spiro atoms. The summed E-state index contributed by atoms with van der Waals surface area (Å²) < 4.78 is 10.7. The topological polar surface area (TPSA) is 31.4 Å². The fourth-order valence-corrected chi connectivity index (χ4v) is 1.80. The van der Waals surface area contributed by atoms with Crippen LogP contribution in [0.3, 0.4) is 0 Å². The molecule has 0 amide bonds. The molecule has 14 heavy (non-hydrogen) atoms. The number of halogens is 1. The number of aryl methyl sites for hydroxylation is 1. The summed E-state index contributed by atoms with van der Waals surface area (Å²) in [6.45, 7) is 0.627. The molecule has 0 bridgehead atoms. The van der Waals surface area contributed by atoms with Crippen molar-refractivity contribution in [1.82, 2.24) is 4.98 Å². The molecule has 2 heterocycles. The molecular formula is C10H12ClNO2. The standard InChI is InChI=1S/C10H12ClNO2/c1-13-6-8-3-2-7-4-10(11)12-5-9(7)14-8/h4-5,8H,2-3,6H2,1H3. The molecule has 0 saturated heterocycles. The highest BCUT2D eigenvalue weighted by atomic mass is 35.5. The van der Waals surface area contributed by atoms with E-state index in [0.29, 0.717) is 11.8 Å². The summed E-state index contributed by atoms with van der Waals surface area (Å²) >= 11 is 5.78. The summed E-state index contributed by atoms with van der Waals surface area (Å²) in [6.07, 6.45) is 3.78. The SMILES string of the molecule is COCC1CCc2cc(Cl)ncc2O1. The Labute approximate surface area is 88.0 Å². The molecule has 76 valence electrons. The van der Waals surface area contributed by atoms with Crippen LogP contribution in [0.5, 0.6) is 5.75 Å². The smallest absolute Gasteiger partial charge is 0.141 e. The summed E-state index contributed by atoms with van der Waals surface area (Å²) in [5.41, 5.74) is 1.14. The zero-order valence-electron chi connectivity index (χ0n) is 8.00. The summed E-state index contributed by atoms with van der Waals surface area (Å²) in [5.74, 6) is 0.836. The lowest BCUT2D eigenvalue weighted by Gasteiger charge is -2.25. The maximum atomic E-state index is 5.78. The molecule has 0 fully saturated rings. The van der Waals surface area contributed by atoms with Gasteiger partial charge in [-0.25, -0.2) is 4.98 Å². The molecule has 1 aromatic heterocycles. The minimum absolute atomic E-state index is 0.149. The normalized spacial score (nSPS) is 20.0. The average Bonchev–Trinajstić information content (AvgIpc) is 2.19. The summed E-state index contributed by atoms with van der Waals surface area (Å²) in [5, 5.41) is 0.526. The highest BCUT2D eigenvalue weighted by Crippen LogP contribution is 2.28. The first-order valence-electron chi connectivity index (χ1n) is 4.59.